The maximum atomic E-state index is 5.73. The smallest absolute Gasteiger partial charge is 0.127 e. The highest BCUT2D eigenvalue weighted by Gasteiger charge is 2.23. The van der Waals surface area contributed by atoms with Crippen LogP contribution in [0, 0.1) is 0 Å². The molecule has 0 radical (unpaired) electrons. The molecular formula is C17H17N3O2S. The summed E-state index contributed by atoms with van der Waals surface area (Å²) in [4.78, 5) is 11.1. The number of hydrogen-bond acceptors (Lipinski definition) is 6. The number of hydrogen-bond donors (Lipinski definition) is 0. The molecule has 1 unspecified atom stereocenters. The molecule has 1 fully saturated rings. The molecule has 0 amide bonds. The molecule has 1 atom stereocenters. The van der Waals surface area contributed by atoms with Gasteiger partial charge in [-0.05, 0) is 30.3 Å². The zero-order chi connectivity index (χ0) is 15.8. The van der Waals surface area contributed by atoms with E-state index in [1.54, 1.807) is 11.3 Å². The van der Waals surface area contributed by atoms with Crippen LogP contribution < -0.4 is 9.64 Å². The third-order valence-corrected chi connectivity index (χ3v) is 4.72. The van der Waals surface area contributed by atoms with Crippen LogP contribution in [0.3, 0.4) is 0 Å². The minimum Gasteiger partial charge on any atom is -0.491 e. The molecule has 23 heavy (non-hydrogen) atoms. The quantitative estimate of drug-likeness (QED) is 0.674. The highest BCUT2D eigenvalue weighted by Crippen LogP contribution is 2.32. The summed E-state index contributed by atoms with van der Waals surface area (Å²) >= 11 is 1.65. The fourth-order valence-corrected chi connectivity index (χ4v) is 3.23. The molecule has 118 valence electrons. The Morgan fingerprint density at radius 1 is 1.30 bits per heavy atom. The summed E-state index contributed by atoms with van der Waals surface area (Å²) < 4.78 is 12.0. The zero-order valence-electron chi connectivity index (χ0n) is 13.0. The highest BCUT2D eigenvalue weighted by atomic mass is 32.1. The van der Waals surface area contributed by atoms with Gasteiger partial charge in [0.2, 0.25) is 0 Å². The number of rotatable bonds is 5. The lowest BCUT2D eigenvalue weighted by atomic mass is 10.3. The molecule has 3 aromatic rings. The highest BCUT2D eigenvalue weighted by molar-refractivity contribution is 7.21. The summed E-state index contributed by atoms with van der Waals surface area (Å²) in [5.74, 6) is 1.80. The Morgan fingerprint density at radius 3 is 2.87 bits per heavy atom. The lowest BCUT2D eigenvalue weighted by Crippen LogP contribution is -2.09. The summed E-state index contributed by atoms with van der Waals surface area (Å²) in [7, 11) is 3.96. The van der Waals surface area contributed by atoms with E-state index in [0.29, 0.717) is 6.61 Å². The van der Waals surface area contributed by atoms with Crippen molar-refractivity contribution < 1.29 is 9.47 Å². The molecule has 3 heterocycles. The lowest BCUT2D eigenvalue weighted by Gasteiger charge is -2.10. The largest absolute Gasteiger partial charge is 0.491 e. The second kappa shape index (κ2) is 5.79. The monoisotopic (exact) mass is 327 g/mol. The molecule has 0 aliphatic carbocycles. The van der Waals surface area contributed by atoms with Crippen molar-refractivity contribution in [1.29, 1.82) is 0 Å². The summed E-state index contributed by atoms with van der Waals surface area (Å²) in [6.45, 7) is 1.43. The average Bonchev–Trinajstić information content (AvgIpc) is 3.30. The number of ether oxygens (including phenoxy) is 2. The molecule has 0 N–H and O–H groups in total. The maximum absolute atomic E-state index is 5.73. The molecule has 6 heteroatoms. The number of pyridine rings is 1. The van der Waals surface area contributed by atoms with E-state index in [1.165, 1.54) is 0 Å². The Kier molecular flexibility index (Phi) is 3.63. The van der Waals surface area contributed by atoms with Crippen LogP contribution in [0.25, 0.3) is 20.8 Å². The number of aromatic nitrogens is 2. The fourth-order valence-electron chi connectivity index (χ4n) is 2.25. The molecule has 5 nitrogen and oxygen atoms in total. The van der Waals surface area contributed by atoms with Gasteiger partial charge in [0.1, 0.15) is 29.3 Å². The van der Waals surface area contributed by atoms with Gasteiger partial charge in [0.05, 0.1) is 16.8 Å². The minimum absolute atomic E-state index is 0.268. The molecule has 2 aromatic heterocycles. The summed E-state index contributed by atoms with van der Waals surface area (Å²) in [5.41, 5.74) is 2.02. The first-order chi connectivity index (χ1) is 11.2. The molecule has 1 aromatic carbocycles. The number of nitrogens with zero attached hydrogens (tertiary/aromatic N) is 3. The van der Waals surface area contributed by atoms with Gasteiger partial charge in [-0.1, -0.05) is 0 Å². The van der Waals surface area contributed by atoms with Gasteiger partial charge in [0.15, 0.2) is 0 Å². The molecule has 1 aliphatic heterocycles. The van der Waals surface area contributed by atoms with Crippen molar-refractivity contribution in [3.63, 3.8) is 0 Å². The van der Waals surface area contributed by atoms with E-state index in [-0.39, 0.29) is 6.10 Å². The molecular weight excluding hydrogens is 310 g/mol. The summed E-state index contributed by atoms with van der Waals surface area (Å²) in [6.07, 6.45) is 2.14. The maximum Gasteiger partial charge on any atom is 0.127 e. The molecule has 0 spiro atoms. The van der Waals surface area contributed by atoms with Crippen LogP contribution in [0.5, 0.6) is 5.75 Å². The summed E-state index contributed by atoms with van der Waals surface area (Å²) in [5, 5.41) is 0.973. The molecule has 1 saturated heterocycles. The van der Waals surface area contributed by atoms with Gasteiger partial charge in [-0.25, -0.2) is 9.97 Å². The average molecular weight is 327 g/mol. The van der Waals surface area contributed by atoms with Crippen LogP contribution in [-0.4, -0.2) is 43.4 Å². The van der Waals surface area contributed by atoms with Gasteiger partial charge in [-0.15, -0.1) is 11.3 Å². The van der Waals surface area contributed by atoms with Crippen molar-refractivity contribution >= 4 is 27.4 Å². The third kappa shape index (κ3) is 3.13. The van der Waals surface area contributed by atoms with E-state index in [0.717, 1.165) is 39.0 Å². The number of fused-ring (bicyclic) bond motifs is 1. The second-order valence-corrected chi connectivity index (χ2v) is 6.75. The van der Waals surface area contributed by atoms with E-state index in [2.05, 4.69) is 11.1 Å². The lowest BCUT2D eigenvalue weighted by molar-refractivity contribution is 0.263. The Morgan fingerprint density at radius 2 is 2.17 bits per heavy atom. The van der Waals surface area contributed by atoms with Crippen molar-refractivity contribution in [2.45, 2.75) is 6.10 Å². The number of benzene rings is 1. The first-order valence-corrected chi connectivity index (χ1v) is 8.29. The fraction of sp³-hybridized carbons (Fsp3) is 0.294. The third-order valence-electron chi connectivity index (χ3n) is 3.65. The van der Waals surface area contributed by atoms with Crippen molar-refractivity contribution in [1.82, 2.24) is 9.97 Å². The SMILES string of the molecule is CN(C)c1ccc(-c2nc3ccc(OCC4CO4)cc3s2)cn1. The van der Waals surface area contributed by atoms with E-state index >= 15 is 0 Å². The van der Waals surface area contributed by atoms with Crippen molar-refractivity contribution in [2.75, 3.05) is 32.2 Å². The van der Waals surface area contributed by atoms with Gasteiger partial charge >= 0.3 is 0 Å². The van der Waals surface area contributed by atoms with Crippen LogP contribution in [0.15, 0.2) is 36.5 Å². The molecule has 0 bridgehead atoms. The predicted molar refractivity (Wildman–Crippen MR) is 92.4 cm³/mol. The molecule has 1 aliphatic rings. The standard InChI is InChI=1S/C17H17N3O2S/c1-20(2)16-6-3-11(8-18-16)17-19-14-5-4-12(7-15(14)23-17)21-9-13-10-22-13/h3-8,13H,9-10H2,1-2H3. The van der Waals surface area contributed by atoms with Gasteiger partial charge < -0.3 is 14.4 Å². The van der Waals surface area contributed by atoms with Gasteiger partial charge in [0.25, 0.3) is 0 Å². The van der Waals surface area contributed by atoms with Gasteiger partial charge in [-0.2, -0.15) is 0 Å². The Hall–Kier alpha value is -2.18. The Labute approximate surface area is 138 Å². The van der Waals surface area contributed by atoms with E-state index in [4.69, 9.17) is 14.5 Å². The van der Waals surface area contributed by atoms with Crippen LogP contribution in [0.1, 0.15) is 0 Å². The van der Waals surface area contributed by atoms with Gasteiger partial charge in [0, 0.05) is 25.9 Å². The first-order valence-electron chi connectivity index (χ1n) is 7.48. The predicted octanol–water partition coefficient (Wildman–Crippen LogP) is 3.20. The summed E-state index contributed by atoms with van der Waals surface area (Å²) in [6, 6.07) is 10.1. The number of anilines is 1. The van der Waals surface area contributed by atoms with Gasteiger partial charge in [-0.3, -0.25) is 0 Å². The minimum atomic E-state index is 0.268. The van der Waals surface area contributed by atoms with Crippen molar-refractivity contribution in [3.8, 4) is 16.3 Å². The first kappa shape index (κ1) is 14.4. The van der Waals surface area contributed by atoms with E-state index < -0.39 is 0 Å². The normalized spacial score (nSPS) is 16.5. The Balaban J connectivity index is 1.59. The van der Waals surface area contributed by atoms with Crippen molar-refractivity contribution in [2.24, 2.45) is 0 Å². The van der Waals surface area contributed by atoms with Crippen LogP contribution >= 0.6 is 11.3 Å². The van der Waals surface area contributed by atoms with Crippen molar-refractivity contribution in [3.05, 3.63) is 36.5 Å². The Bertz CT molecular complexity index is 825. The number of thiazole rings is 1. The topological polar surface area (TPSA) is 50.8 Å². The number of epoxide rings is 1. The molecule has 4 rings (SSSR count). The van der Waals surface area contributed by atoms with Crippen LogP contribution in [-0.2, 0) is 4.74 Å². The second-order valence-electron chi connectivity index (χ2n) is 5.71. The molecule has 0 saturated carbocycles. The van der Waals surface area contributed by atoms with Crippen LogP contribution in [0.4, 0.5) is 5.82 Å². The van der Waals surface area contributed by atoms with E-state index in [9.17, 15) is 0 Å². The van der Waals surface area contributed by atoms with E-state index in [1.807, 2.05) is 49.5 Å². The van der Waals surface area contributed by atoms with Crippen LogP contribution in [0.2, 0.25) is 0 Å². The zero-order valence-corrected chi connectivity index (χ0v) is 13.8.